The third-order valence-electron chi connectivity index (χ3n) is 5.72. The number of carboxylic acids is 1. The molecule has 1 saturated carbocycles. The molecular formula is C24H25N3O4S2. The molecule has 9 heteroatoms. The van der Waals surface area contributed by atoms with E-state index in [4.69, 9.17) is 0 Å². The van der Waals surface area contributed by atoms with Crippen LogP contribution in [0.25, 0.3) is 10.2 Å². The van der Waals surface area contributed by atoms with Crippen LogP contribution in [0.4, 0.5) is 11.4 Å². The first-order valence-corrected chi connectivity index (χ1v) is 12.6. The summed E-state index contributed by atoms with van der Waals surface area (Å²) in [6.07, 6.45) is 2.85. The first-order valence-electron chi connectivity index (χ1n) is 10.8. The summed E-state index contributed by atoms with van der Waals surface area (Å²) in [5, 5.41) is 15.2. The van der Waals surface area contributed by atoms with Gasteiger partial charge in [-0.05, 0) is 50.1 Å². The van der Waals surface area contributed by atoms with Crippen molar-refractivity contribution in [2.75, 3.05) is 16.4 Å². The Balaban J connectivity index is 1.36. The van der Waals surface area contributed by atoms with E-state index in [1.807, 2.05) is 43.3 Å². The molecule has 3 aromatic rings. The number of rotatable bonds is 7. The van der Waals surface area contributed by atoms with Gasteiger partial charge in [0, 0.05) is 11.4 Å². The second kappa shape index (κ2) is 10.4. The Morgan fingerprint density at radius 2 is 1.73 bits per heavy atom. The lowest BCUT2D eigenvalue weighted by molar-refractivity contribution is -0.147. The Bertz CT molecular complexity index is 1180. The van der Waals surface area contributed by atoms with Crippen molar-refractivity contribution in [2.24, 2.45) is 11.8 Å². The fraction of sp³-hybridized carbons (Fsp3) is 0.333. The number of amides is 2. The van der Waals surface area contributed by atoms with E-state index in [1.54, 1.807) is 6.07 Å². The van der Waals surface area contributed by atoms with Crippen molar-refractivity contribution in [1.29, 1.82) is 0 Å². The minimum Gasteiger partial charge on any atom is -0.481 e. The van der Waals surface area contributed by atoms with Crippen LogP contribution in [-0.2, 0) is 14.4 Å². The summed E-state index contributed by atoms with van der Waals surface area (Å²) in [6.45, 7) is 1.99. The molecule has 2 atom stereocenters. The SMILES string of the molecule is Cc1ccc(NC(=O)CSc2nc3ccc(NC(=O)[C@@H]4CCCC[C@H]4C(=O)O)cc3s2)cc1. The zero-order chi connectivity index (χ0) is 23.4. The fourth-order valence-electron chi connectivity index (χ4n) is 3.98. The summed E-state index contributed by atoms with van der Waals surface area (Å²) in [7, 11) is 0. The van der Waals surface area contributed by atoms with Gasteiger partial charge in [0.2, 0.25) is 11.8 Å². The van der Waals surface area contributed by atoms with Gasteiger partial charge in [0.25, 0.3) is 0 Å². The summed E-state index contributed by atoms with van der Waals surface area (Å²) in [6, 6.07) is 13.1. The molecule has 1 heterocycles. The van der Waals surface area contributed by atoms with Gasteiger partial charge in [-0.25, -0.2) is 4.98 Å². The number of hydrogen-bond donors (Lipinski definition) is 3. The summed E-state index contributed by atoms with van der Waals surface area (Å²) in [4.78, 5) is 41.0. The number of carbonyl (C=O) groups excluding carboxylic acids is 2. The number of anilines is 2. The molecular weight excluding hydrogens is 458 g/mol. The molecule has 2 aromatic carbocycles. The van der Waals surface area contributed by atoms with Crippen LogP contribution in [0.2, 0.25) is 0 Å². The van der Waals surface area contributed by atoms with E-state index in [2.05, 4.69) is 15.6 Å². The van der Waals surface area contributed by atoms with E-state index < -0.39 is 17.8 Å². The number of aryl methyl sites for hydroxylation is 1. The molecule has 0 spiro atoms. The number of hydrogen-bond acceptors (Lipinski definition) is 6. The highest BCUT2D eigenvalue weighted by molar-refractivity contribution is 8.01. The van der Waals surface area contributed by atoms with E-state index in [0.29, 0.717) is 18.5 Å². The number of carbonyl (C=O) groups is 3. The highest BCUT2D eigenvalue weighted by Gasteiger charge is 2.35. The average Bonchev–Trinajstić information content (AvgIpc) is 3.21. The molecule has 1 aliphatic rings. The number of thioether (sulfide) groups is 1. The summed E-state index contributed by atoms with van der Waals surface area (Å²) in [5.74, 6) is -2.13. The Morgan fingerprint density at radius 1 is 1.03 bits per heavy atom. The molecule has 0 aliphatic heterocycles. The maximum Gasteiger partial charge on any atom is 0.307 e. The quantitative estimate of drug-likeness (QED) is 0.400. The molecule has 7 nitrogen and oxygen atoms in total. The molecule has 0 radical (unpaired) electrons. The van der Waals surface area contributed by atoms with Gasteiger partial charge in [0.15, 0.2) is 4.34 Å². The number of nitrogens with zero attached hydrogens (tertiary/aromatic N) is 1. The van der Waals surface area contributed by atoms with Crippen molar-refractivity contribution < 1.29 is 19.5 Å². The van der Waals surface area contributed by atoms with Gasteiger partial charge in [-0.1, -0.05) is 42.3 Å². The summed E-state index contributed by atoms with van der Waals surface area (Å²) >= 11 is 2.82. The van der Waals surface area contributed by atoms with Crippen LogP contribution < -0.4 is 10.6 Å². The smallest absolute Gasteiger partial charge is 0.307 e. The zero-order valence-electron chi connectivity index (χ0n) is 18.2. The highest BCUT2D eigenvalue weighted by Crippen LogP contribution is 2.33. The summed E-state index contributed by atoms with van der Waals surface area (Å²) < 4.78 is 1.67. The lowest BCUT2D eigenvalue weighted by atomic mass is 9.78. The van der Waals surface area contributed by atoms with Crippen LogP contribution in [0.3, 0.4) is 0 Å². The topological polar surface area (TPSA) is 108 Å². The van der Waals surface area contributed by atoms with Gasteiger partial charge in [-0.2, -0.15) is 0 Å². The first-order chi connectivity index (χ1) is 15.9. The Kier molecular flexibility index (Phi) is 7.29. The predicted octanol–water partition coefficient (Wildman–Crippen LogP) is 5.17. The lowest BCUT2D eigenvalue weighted by Gasteiger charge is -2.27. The van der Waals surface area contributed by atoms with Crippen molar-refractivity contribution in [3.63, 3.8) is 0 Å². The van der Waals surface area contributed by atoms with Crippen LogP contribution in [0.15, 0.2) is 46.8 Å². The monoisotopic (exact) mass is 483 g/mol. The number of aliphatic carboxylic acids is 1. The standard InChI is InChI=1S/C24H25N3O4S2/c1-14-6-8-15(9-7-14)25-21(28)13-32-24-27-19-11-10-16(12-20(19)33-24)26-22(29)17-4-2-3-5-18(17)23(30)31/h6-12,17-18H,2-5,13H2,1H3,(H,25,28)(H,26,29)(H,30,31)/t17-,18-/m1/s1. The normalized spacial score (nSPS) is 18.1. The van der Waals surface area contributed by atoms with Crippen LogP contribution >= 0.6 is 23.1 Å². The zero-order valence-corrected chi connectivity index (χ0v) is 19.8. The first kappa shape index (κ1) is 23.3. The Labute approximate surface area is 200 Å². The number of nitrogens with one attached hydrogen (secondary N) is 2. The average molecular weight is 484 g/mol. The molecule has 1 aliphatic carbocycles. The van der Waals surface area contributed by atoms with Crippen molar-refractivity contribution in [3.8, 4) is 0 Å². The number of thiazole rings is 1. The van der Waals surface area contributed by atoms with Gasteiger partial charge in [0.1, 0.15) is 0 Å². The molecule has 0 saturated heterocycles. The minimum atomic E-state index is -0.902. The van der Waals surface area contributed by atoms with Gasteiger partial charge in [-0.3, -0.25) is 14.4 Å². The van der Waals surface area contributed by atoms with E-state index in [1.165, 1.54) is 23.1 Å². The van der Waals surface area contributed by atoms with E-state index in [0.717, 1.165) is 38.6 Å². The molecule has 4 rings (SSSR count). The van der Waals surface area contributed by atoms with Crippen molar-refractivity contribution in [1.82, 2.24) is 4.98 Å². The number of benzene rings is 2. The van der Waals surface area contributed by atoms with Crippen molar-refractivity contribution >= 4 is 62.5 Å². The van der Waals surface area contributed by atoms with E-state index in [9.17, 15) is 19.5 Å². The second-order valence-corrected chi connectivity index (χ2v) is 10.4. The van der Waals surface area contributed by atoms with Crippen LogP contribution in [0.1, 0.15) is 31.2 Å². The third kappa shape index (κ3) is 5.91. The molecule has 1 fully saturated rings. The maximum atomic E-state index is 12.7. The molecule has 0 bridgehead atoms. The molecule has 2 amide bonds. The highest BCUT2D eigenvalue weighted by atomic mass is 32.2. The van der Waals surface area contributed by atoms with Gasteiger partial charge >= 0.3 is 5.97 Å². The van der Waals surface area contributed by atoms with Crippen LogP contribution in [0, 0.1) is 18.8 Å². The Morgan fingerprint density at radius 3 is 2.45 bits per heavy atom. The maximum absolute atomic E-state index is 12.7. The molecule has 172 valence electrons. The molecule has 33 heavy (non-hydrogen) atoms. The van der Waals surface area contributed by atoms with Crippen molar-refractivity contribution in [2.45, 2.75) is 36.9 Å². The number of aromatic nitrogens is 1. The van der Waals surface area contributed by atoms with Crippen molar-refractivity contribution in [3.05, 3.63) is 48.0 Å². The van der Waals surface area contributed by atoms with E-state index >= 15 is 0 Å². The van der Waals surface area contributed by atoms with Crippen LogP contribution in [-0.4, -0.2) is 33.6 Å². The molecule has 3 N–H and O–H groups in total. The van der Waals surface area contributed by atoms with E-state index in [-0.39, 0.29) is 17.6 Å². The van der Waals surface area contributed by atoms with Gasteiger partial charge in [0.05, 0.1) is 27.8 Å². The Hall–Kier alpha value is -2.91. The lowest BCUT2D eigenvalue weighted by Crippen LogP contribution is -2.36. The van der Waals surface area contributed by atoms with Gasteiger partial charge < -0.3 is 15.7 Å². The summed E-state index contributed by atoms with van der Waals surface area (Å²) in [5.41, 5.74) is 3.31. The largest absolute Gasteiger partial charge is 0.481 e. The van der Waals surface area contributed by atoms with Crippen LogP contribution in [0.5, 0.6) is 0 Å². The van der Waals surface area contributed by atoms with Gasteiger partial charge in [-0.15, -0.1) is 11.3 Å². The predicted molar refractivity (Wildman–Crippen MR) is 132 cm³/mol. The molecule has 1 aromatic heterocycles. The number of fused-ring (bicyclic) bond motifs is 1. The fourth-order valence-corrected chi connectivity index (χ4v) is 5.89. The second-order valence-electron chi connectivity index (χ2n) is 8.19. The molecule has 0 unspecified atom stereocenters. The number of carboxylic acid groups (broad SMARTS) is 1. The minimum absolute atomic E-state index is 0.100. The third-order valence-corrected chi connectivity index (χ3v) is 7.88.